The van der Waals surface area contributed by atoms with Crippen molar-refractivity contribution in [3.8, 4) is 0 Å². The number of halogens is 8. The molecule has 9 heteroatoms. The Kier molecular flexibility index (Phi) is 6.01. The van der Waals surface area contributed by atoms with Crippen LogP contribution < -0.4 is 0 Å². The lowest BCUT2D eigenvalue weighted by molar-refractivity contribution is -0.417. The van der Waals surface area contributed by atoms with Crippen LogP contribution in [0.3, 0.4) is 0 Å². The third-order valence-electron chi connectivity index (χ3n) is 2.63. The van der Waals surface area contributed by atoms with Gasteiger partial charge in [0.05, 0.1) is 0 Å². The van der Waals surface area contributed by atoms with Gasteiger partial charge in [0.2, 0.25) is 0 Å². The molecule has 120 valence electrons. The van der Waals surface area contributed by atoms with Crippen LogP contribution in [-0.2, 0) is 0 Å². The number of allylic oxidation sites excluding steroid dienone is 1. The highest BCUT2D eigenvalue weighted by Crippen LogP contribution is 2.53. The van der Waals surface area contributed by atoms with Gasteiger partial charge < -0.3 is 5.11 Å². The fourth-order valence-electron chi connectivity index (χ4n) is 1.39. The van der Waals surface area contributed by atoms with Crippen LogP contribution in [0, 0.1) is 0 Å². The van der Waals surface area contributed by atoms with Crippen molar-refractivity contribution in [3.63, 3.8) is 0 Å². The Bertz CT molecular complexity index is 321. The SMILES string of the molecule is C=CCCCCCC(F)(F)C(F)(F)C(F)(F)C(O)(F)F. The molecule has 0 saturated heterocycles. The van der Waals surface area contributed by atoms with Gasteiger partial charge in [0.1, 0.15) is 0 Å². The molecule has 0 heterocycles. The molecule has 0 radical (unpaired) electrons. The topological polar surface area (TPSA) is 20.2 Å². The van der Waals surface area contributed by atoms with Gasteiger partial charge in [-0.1, -0.05) is 12.5 Å². The van der Waals surface area contributed by atoms with Gasteiger partial charge in [-0.2, -0.15) is 35.1 Å². The molecule has 0 aliphatic carbocycles. The maximum Gasteiger partial charge on any atom is 0.423 e. The van der Waals surface area contributed by atoms with Crippen LogP contribution in [0.15, 0.2) is 12.7 Å². The summed E-state index contributed by atoms with van der Waals surface area (Å²) in [7, 11) is 0. The number of rotatable bonds is 9. The van der Waals surface area contributed by atoms with Crippen LogP contribution in [0.2, 0.25) is 0 Å². The second-order valence-corrected chi connectivity index (χ2v) is 4.28. The highest BCUT2D eigenvalue weighted by Gasteiger charge is 2.80. The molecule has 0 rings (SSSR count). The first-order chi connectivity index (χ1) is 8.81. The van der Waals surface area contributed by atoms with E-state index in [1.807, 2.05) is 0 Å². The highest BCUT2D eigenvalue weighted by molar-refractivity contribution is 4.99. The zero-order chi connectivity index (χ0) is 16.2. The van der Waals surface area contributed by atoms with E-state index in [-0.39, 0.29) is 6.42 Å². The van der Waals surface area contributed by atoms with Crippen molar-refractivity contribution in [1.29, 1.82) is 0 Å². The summed E-state index contributed by atoms with van der Waals surface area (Å²) in [5.41, 5.74) is 0. The summed E-state index contributed by atoms with van der Waals surface area (Å²) in [5.74, 6) is -18.3. The van der Waals surface area contributed by atoms with Gasteiger partial charge in [0, 0.05) is 6.42 Å². The van der Waals surface area contributed by atoms with Crippen LogP contribution in [0.5, 0.6) is 0 Å². The minimum Gasteiger partial charge on any atom is -0.331 e. The molecule has 0 spiro atoms. The minimum atomic E-state index is -6.56. The molecule has 0 aromatic rings. The van der Waals surface area contributed by atoms with E-state index in [1.54, 1.807) is 0 Å². The van der Waals surface area contributed by atoms with Gasteiger partial charge >= 0.3 is 23.9 Å². The second-order valence-electron chi connectivity index (χ2n) is 4.28. The Morgan fingerprint density at radius 1 is 0.800 bits per heavy atom. The van der Waals surface area contributed by atoms with Gasteiger partial charge in [0.25, 0.3) is 0 Å². The molecule has 0 aliphatic rings. The van der Waals surface area contributed by atoms with Crippen molar-refractivity contribution in [2.24, 2.45) is 0 Å². The van der Waals surface area contributed by atoms with Crippen LogP contribution in [-0.4, -0.2) is 29.0 Å². The van der Waals surface area contributed by atoms with Crippen LogP contribution in [0.4, 0.5) is 35.1 Å². The molecule has 20 heavy (non-hydrogen) atoms. The summed E-state index contributed by atoms with van der Waals surface area (Å²) in [6.07, 6.45) is -6.26. The van der Waals surface area contributed by atoms with Gasteiger partial charge in [-0.05, 0) is 19.3 Å². The Hall–Kier alpha value is -0.860. The summed E-state index contributed by atoms with van der Waals surface area (Å²) in [6.45, 7) is 3.33. The molecule has 1 N–H and O–H groups in total. The molecule has 0 aromatic carbocycles. The molecule has 1 nitrogen and oxygen atoms in total. The second kappa shape index (κ2) is 6.28. The lowest BCUT2D eigenvalue weighted by atomic mass is 9.98. The van der Waals surface area contributed by atoms with Crippen molar-refractivity contribution < 1.29 is 40.2 Å². The molecule has 0 aliphatic heterocycles. The summed E-state index contributed by atoms with van der Waals surface area (Å²) in [5, 5.41) is 7.68. The largest absolute Gasteiger partial charge is 0.423 e. The lowest BCUT2D eigenvalue weighted by Gasteiger charge is -2.34. The third kappa shape index (κ3) is 3.83. The van der Waals surface area contributed by atoms with E-state index in [9.17, 15) is 35.1 Å². The zero-order valence-electron chi connectivity index (χ0n) is 10.3. The fraction of sp³-hybridized carbons (Fsp3) is 0.818. The van der Waals surface area contributed by atoms with E-state index in [1.165, 1.54) is 6.08 Å². The quantitative estimate of drug-likeness (QED) is 0.374. The first-order valence-corrected chi connectivity index (χ1v) is 5.66. The Balaban J connectivity index is 4.85. The maximum absolute atomic E-state index is 13.0. The summed E-state index contributed by atoms with van der Waals surface area (Å²) in [4.78, 5) is 0. The van der Waals surface area contributed by atoms with E-state index < -0.39 is 36.7 Å². The molecule has 0 saturated carbocycles. The minimum absolute atomic E-state index is 0.0266. The van der Waals surface area contributed by atoms with Gasteiger partial charge in [-0.3, -0.25) is 0 Å². The monoisotopic (exact) mass is 314 g/mol. The van der Waals surface area contributed by atoms with Crippen molar-refractivity contribution in [1.82, 2.24) is 0 Å². The molecule has 0 fully saturated rings. The molecule has 0 amide bonds. The van der Waals surface area contributed by atoms with E-state index in [4.69, 9.17) is 5.11 Å². The van der Waals surface area contributed by atoms with Gasteiger partial charge in [-0.25, -0.2) is 0 Å². The predicted molar refractivity (Wildman–Crippen MR) is 55.3 cm³/mol. The number of unbranched alkanes of at least 4 members (excludes halogenated alkanes) is 3. The van der Waals surface area contributed by atoms with Crippen molar-refractivity contribution in [2.45, 2.75) is 56.0 Å². The van der Waals surface area contributed by atoms with Crippen molar-refractivity contribution in [2.75, 3.05) is 0 Å². The maximum atomic E-state index is 13.0. The smallest absolute Gasteiger partial charge is 0.331 e. The molecular weight excluding hydrogens is 300 g/mol. The van der Waals surface area contributed by atoms with Crippen molar-refractivity contribution in [3.05, 3.63) is 12.7 Å². The molecule has 0 aromatic heterocycles. The Morgan fingerprint density at radius 3 is 1.70 bits per heavy atom. The van der Waals surface area contributed by atoms with E-state index in [2.05, 4.69) is 6.58 Å². The predicted octanol–water partition coefficient (Wildman–Crippen LogP) is 4.61. The van der Waals surface area contributed by atoms with Gasteiger partial charge in [-0.15, -0.1) is 6.58 Å². The normalized spacial score (nSPS) is 14.4. The average molecular weight is 314 g/mol. The summed E-state index contributed by atoms with van der Waals surface area (Å²) in [6, 6.07) is 0. The number of hydrogen-bond acceptors (Lipinski definition) is 1. The van der Waals surface area contributed by atoms with Gasteiger partial charge in [0.15, 0.2) is 0 Å². The summed E-state index contributed by atoms with van der Waals surface area (Å²) < 4.78 is 101. The molecular formula is C11H14F8O. The molecule has 0 atom stereocenters. The third-order valence-corrected chi connectivity index (χ3v) is 2.63. The van der Waals surface area contributed by atoms with Crippen molar-refractivity contribution >= 4 is 0 Å². The zero-order valence-corrected chi connectivity index (χ0v) is 10.3. The molecule has 0 unspecified atom stereocenters. The summed E-state index contributed by atoms with van der Waals surface area (Å²) >= 11 is 0. The molecule has 0 bridgehead atoms. The van der Waals surface area contributed by atoms with Crippen LogP contribution >= 0.6 is 0 Å². The lowest BCUT2D eigenvalue weighted by Crippen LogP contribution is -2.62. The first kappa shape index (κ1) is 19.1. The Labute approximate surface area is 110 Å². The van der Waals surface area contributed by atoms with E-state index in [0.717, 1.165) is 0 Å². The first-order valence-electron chi connectivity index (χ1n) is 5.66. The van der Waals surface area contributed by atoms with Crippen LogP contribution in [0.25, 0.3) is 0 Å². The Morgan fingerprint density at radius 2 is 1.30 bits per heavy atom. The van der Waals surface area contributed by atoms with Crippen LogP contribution in [0.1, 0.15) is 32.1 Å². The van der Waals surface area contributed by atoms with E-state index >= 15 is 0 Å². The highest BCUT2D eigenvalue weighted by atomic mass is 19.4. The average Bonchev–Trinajstić information content (AvgIpc) is 2.26. The standard InChI is InChI=1S/C11H14F8O/c1-2-3-4-5-6-7-8(12,13)9(14,15)10(16,17)11(18,19)20/h2,20H,1,3-7H2. The number of alkyl halides is 8. The van der Waals surface area contributed by atoms with E-state index in [0.29, 0.717) is 12.8 Å². The number of hydrogen-bond donors (Lipinski definition) is 1. The number of aliphatic hydroxyl groups is 1. The fourth-order valence-corrected chi connectivity index (χ4v) is 1.39.